The highest BCUT2D eigenvalue weighted by Gasteiger charge is 2.31. The Kier molecular flexibility index (Phi) is 5.88. The van der Waals surface area contributed by atoms with Gasteiger partial charge in [0.25, 0.3) is 10.0 Å². The minimum absolute atomic E-state index is 0.0555. The second kappa shape index (κ2) is 8.23. The number of sulfone groups is 1. The molecule has 2 aliphatic rings. The molecule has 13 heteroatoms. The van der Waals surface area contributed by atoms with Crippen molar-refractivity contribution in [2.24, 2.45) is 4.40 Å². The summed E-state index contributed by atoms with van der Waals surface area (Å²) in [6, 6.07) is 11.8. The molecule has 32 heavy (non-hydrogen) atoms. The molecule has 0 radical (unpaired) electrons. The Hall–Kier alpha value is -2.32. The third-order valence-electron chi connectivity index (χ3n) is 5.25. The van der Waals surface area contributed by atoms with Crippen LogP contribution in [-0.2, 0) is 29.9 Å². The first-order valence-electron chi connectivity index (χ1n) is 9.69. The van der Waals surface area contributed by atoms with E-state index in [0.717, 1.165) is 6.26 Å². The lowest BCUT2D eigenvalue weighted by Crippen LogP contribution is -2.50. The topological polar surface area (TPSA) is 133 Å². The first kappa shape index (κ1) is 22.9. The number of hydrogen-bond donors (Lipinski definition) is 1. The summed E-state index contributed by atoms with van der Waals surface area (Å²) in [6.45, 7) is 1.33. The van der Waals surface area contributed by atoms with Gasteiger partial charge in [0.1, 0.15) is 10.7 Å². The Balaban J connectivity index is 1.44. The van der Waals surface area contributed by atoms with Gasteiger partial charge in [-0.3, -0.25) is 4.90 Å². The highest BCUT2D eigenvalue weighted by atomic mass is 32.2. The number of para-hydroxylation sites is 1. The van der Waals surface area contributed by atoms with E-state index in [2.05, 4.69) is 9.71 Å². The molecule has 0 saturated carbocycles. The van der Waals surface area contributed by atoms with Gasteiger partial charge in [0.15, 0.2) is 9.84 Å². The fraction of sp³-hybridized carbons (Fsp3) is 0.316. The van der Waals surface area contributed by atoms with E-state index in [0.29, 0.717) is 18.8 Å². The molecule has 172 valence electrons. The largest absolute Gasteiger partial charge is 0.341 e. The van der Waals surface area contributed by atoms with Crippen LogP contribution in [0.25, 0.3) is 0 Å². The summed E-state index contributed by atoms with van der Waals surface area (Å²) in [6.07, 6.45) is 1.03. The van der Waals surface area contributed by atoms with Crippen LogP contribution in [-0.4, -0.2) is 79.3 Å². The van der Waals surface area contributed by atoms with Crippen LogP contribution in [0.15, 0.2) is 67.6 Å². The molecule has 2 heterocycles. The monoisotopic (exact) mass is 498 g/mol. The number of fused-ring (bicyclic) bond motifs is 1. The molecule has 2 aromatic rings. The van der Waals surface area contributed by atoms with Gasteiger partial charge in [-0.15, -0.1) is 4.40 Å². The van der Waals surface area contributed by atoms with Crippen LogP contribution in [0, 0.1) is 0 Å². The van der Waals surface area contributed by atoms with E-state index >= 15 is 0 Å². The van der Waals surface area contributed by atoms with E-state index in [9.17, 15) is 25.3 Å². The van der Waals surface area contributed by atoms with Crippen LogP contribution >= 0.6 is 0 Å². The van der Waals surface area contributed by atoms with Crippen molar-refractivity contribution in [3.8, 4) is 0 Å². The summed E-state index contributed by atoms with van der Waals surface area (Å²) in [5, 5.41) is 3.03. The molecule has 2 aromatic carbocycles. The number of sulfonamides is 2. The summed E-state index contributed by atoms with van der Waals surface area (Å²) in [5.74, 6) is 0.279. The third kappa shape index (κ3) is 4.57. The van der Waals surface area contributed by atoms with Crippen LogP contribution in [0.1, 0.15) is 0 Å². The van der Waals surface area contributed by atoms with Crippen molar-refractivity contribution in [2.75, 3.05) is 44.3 Å². The smallest absolute Gasteiger partial charge is 0.286 e. The van der Waals surface area contributed by atoms with E-state index in [-0.39, 0.29) is 40.2 Å². The van der Waals surface area contributed by atoms with Crippen LogP contribution in [0.5, 0.6) is 0 Å². The van der Waals surface area contributed by atoms with Gasteiger partial charge in [0.05, 0.1) is 22.0 Å². The Morgan fingerprint density at radius 1 is 0.938 bits per heavy atom. The first-order chi connectivity index (χ1) is 15.0. The lowest BCUT2D eigenvalue weighted by atomic mass is 10.3. The molecule has 0 bridgehead atoms. The predicted octanol–water partition coefficient (Wildman–Crippen LogP) is 0.609. The quantitative estimate of drug-likeness (QED) is 0.634. The molecule has 1 N–H and O–H groups in total. The van der Waals surface area contributed by atoms with Crippen LogP contribution < -0.4 is 5.32 Å². The number of rotatable bonds is 5. The van der Waals surface area contributed by atoms with Gasteiger partial charge in [-0.2, -0.15) is 12.7 Å². The molecule has 0 aliphatic carbocycles. The molecular formula is C19H22N4O6S3. The third-order valence-corrected chi connectivity index (χ3v) is 9.63. The molecular weight excluding hydrogens is 476 g/mol. The summed E-state index contributed by atoms with van der Waals surface area (Å²) >= 11 is 0. The lowest BCUT2D eigenvalue weighted by Gasteiger charge is -2.34. The molecule has 0 amide bonds. The average molecular weight is 499 g/mol. The minimum Gasteiger partial charge on any atom is -0.341 e. The number of nitrogens with zero attached hydrogens (tertiary/aromatic N) is 3. The molecule has 0 atom stereocenters. The van der Waals surface area contributed by atoms with E-state index in [4.69, 9.17) is 0 Å². The Bertz CT molecular complexity index is 1390. The Morgan fingerprint density at radius 3 is 2.28 bits per heavy atom. The Labute approximate surface area is 187 Å². The van der Waals surface area contributed by atoms with E-state index in [1.807, 2.05) is 4.90 Å². The second-order valence-corrected chi connectivity index (χ2v) is 13.1. The number of piperazine rings is 1. The fourth-order valence-corrected chi connectivity index (χ4v) is 6.94. The maximum atomic E-state index is 13.0. The first-order valence-corrected chi connectivity index (χ1v) is 14.5. The number of anilines is 1. The van der Waals surface area contributed by atoms with Crippen molar-refractivity contribution in [1.29, 1.82) is 0 Å². The van der Waals surface area contributed by atoms with Gasteiger partial charge in [-0.1, -0.05) is 18.2 Å². The van der Waals surface area contributed by atoms with Gasteiger partial charge in [0.2, 0.25) is 10.0 Å². The second-order valence-electron chi connectivity index (χ2n) is 7.56. The maximum Gasteiger partial charge on any atom is 0.286 e. The van der Waals surface area contributed by atoms with Crippen molar-refractivity contribution < 1.29 is 25.3 Å². The minimum atomic E-state index is -3.86. The van der Waals surface area contributed by atoms with Gasteiger partial charge in [0, 0.05) is 32.4 Å². The van der Waals surface area contributed by atoms with Crippen molar-refractivity contribution in [2.45, 2.75) is 14.7 Å². The molecule has 0 unspecified atom stereocenters. The number of benzene rings is 2. The van der Waals surface area contributed by atoms with Gasteiger partial charge >= 0.3 is 0 Å². The number of hydrogen-bond acceptors (Lipinski definition) is 8. The average Bonchev–Trinajstić information content (AvgIpc) is 2.73. The maximum absolute atomic E-state index is 13.0. The fourth-order valence-electron chi connectivity index (χ4n) is 3.59. The number of nitrogens with one attached hydrogen (secondary N) is 1. The zero-order chi connectivity index (χ0) is 23.1. The van der Waals surface area contributed by atoms with Crippen LogP contribution in [0.4, 0.5) is 5.69 Å². The molecule has 2 aliphatic heterocycles. The van der Waals surface area contributed by atoms with Crippen molar-refractivity contribution >= 4 is 41.4 Å². The van der Waals surface area contributed by atoms with Crippen molar-refractivity contribution in [3.63, 3.8) is 0 Å². The summed E-state index contributed by atoms with van der Waals surface area (Å²) in [4.78, 5) is 1.90. The molecule has 0 aromatic heterocycles. The predicted molar refractivity (Wildman–Crippen MR) is 119 cm³/mol. The molecule has 0 spiro atoms. The highest BCUT2D eigenvalue weighted by molar-refractivity contribution is 7.91. The van der Waals surface area contributed by atoms with E-state index in [1.165, 1.54) is 34.6 Å². The molecule has 1 fully saturated rings. The summed E-state index contributed by atoms with van der Waals surface area (Å²) in [5.41, 5.74) is 0.462. The van der Waals surface area contributed by atoms with Gasteiger partial charge in [-0.25, -0.2) is 16.8 Å². The van der Waals surface area contributed by atoms with Crippen LogP contribution in [0.2, 0.25) is 0 Å². The van der Waals surface area contributed by atoms with Gasteiger partial charge in [-0.05, 0) is 30.3 Å². The zero-order valence-corrected chi connectivity index (χ0v) is 19.6. The number of amidine groups is 1. The molecule has 10 nitrogen and oxygen atoms in total. The SMILES string of the molecule is CS(=O)(=O)c1cccc(S(=O)(=O)N2CCN(CC3=NS(=O)(=O)c4ccccc4N3)CC2)c1. The summed E-state index contributed by atoms with van der Waals surface area (Å²) < 4.78 is 79.4. The van der Waals surface area contributed by atoms with Crippen molar-refractivity contribution in [3.05, 3.63) is 48.5 Å². The highest BCUT2D eigenvalue weighted by Crippen LogP contribution is 2.27. The van der Waals surface area contributed by atoms with Crippen molar-refractivity contribution in [1.82, 2.24) is 9.21 Å². The standard InChI is InChI=1S/C19H22N4O6S3/c1-30(24,25)15-5-4-6-16(13-15)32(28,29)23-11-9-22(10-12-23)14-19-20-17-7-2-3-8-18(17)31(26,27)21-19/h2-8,13H,9-12,14H2,1H3,(H,20,21). The summed E-state index contributed by atoms with van der Waals surface area (Å²) in [7, 11) is -11.2. The van der Waals surface area contributed by atoms with E-state index < -0.39 is 29.9 Å². The van der Waals surface area contributed by atoms with Gasteiger partial charge < -0.3 is 5.32 Å². The van der Waals surface area contributed by atoms with Crippen LogP contribution in [0.3, 0.4) is 0 Å². The zero-order valence-electron chi connectivity index (χ0n) is 17.2. The van der Waals surface area contributed by atoms with E-state index in [1.54, 1.807) is 18.2 Å². The normalized spacial score (nSPS) is 19.6. The molecule has 1 saturated heterocycles. The Morgan fingerprint density at radius 2 is 1.59 bits per heavy atom. The molecule has 4 rings (SSSR count). The lowest BCUT2D eigenvalue weighted by molar-refractivity contribution is 0.209.